The second kappa shape index (κ2) is 4.93. The lowest BCUT2D eigenvalue weighted by Gasteiger charge is -2.10. The van der Waals surface area contributed by atoms with Crippen molar-refractivity contribution in [3.8, 4) is 0 Å². The molecular weight excluding hydrogens is 204 g/mol. The van der Waals surface area contributed by atoms with Gasteiger partial charge in [-0.15, -0.1) is 10.2 Å². The van der Waals surface area contributed by atoms with Gasteiger partial charge in [-0.05, 0) is 26.2 Å². The third-order valence-electron chi connectivity index (χ3n) is 3.11. The van der Waals surface area contributed by atoms with Crippen LogP contribution < -0.4 is 5.73 Å². The fourth-order valence-corrected chi connectivity index (χ4v) is 1.87. The molecule has 0 aliphatic heterocycles. The van der Waals surface area contributed by atoms with Crippen LogP contribution >= 0.6 is 0 Å². The number of hydrogen-bond donors (Lipinski definition) is 1. The van der Waals surface area contributed by atoms with E-state index < -0.39 is 0 Å². The van der Waals surface area contributed by atoms with Gasteiger partial charge in [0.1, 0.15) is 11.6 Å². The minimum Gasteiger partial charge on any atom is -0.382 e. The zero-order valence-corrected chi connectivity index (χ0v) is 10.0. The van der Waals surface area contributed by atoms with Crippen molar-refractivity contribution in [1.29, 1.82) is 0 Å². The van der Waals surface area contributed by atoms with Crippen LogP contribution in [0.1, 0.15) is 43.9 Å². The molecule has 5 heteroatoms. The quantitative estimate of drug-likeness (QED) is 0.784. The Morgan fingerprint density at radius 2 is 2.12 bits per heavy atom. The van der Waals surface area contributed by atoms with Gasteiger partial charge in [0, 0.05) is 19.6 Å². The molecule has 1 aliphatic rings. The van der Waals surface area contributed by atoms with E-state index in [1.807, 2.05) is 0 Å². The summed E-state index contributed by atoms with van der Waals surface area (Å²) < 4.78 is 7.46. The Labute approximate surface area is 96.0 Å². The molecule has 5 nitrogen and oxygen atoms in total. The molecule has 0 radical (unpaired) electrons. The monoisotopic (exact) mass is 224 g/mol. The Morgan fingerprint density at radius 3 is 2.69 bits per heavy atom. The van der Waals surface area contributed by atoms with E-state index in [2.05, 4.69) is 21.7 Å². The zero-order chi connectivity index (χ0) is 11.5. The van der Waals surface area contributed by atoms with E-state index in [-0.39, 0.29) is 6.10 Å². The maximum absolute atomic E-state index is 5.66. The van der Waals surface area contributed by atoms with Crippen LogP contribution in [-0.2, 0) is 17.7 Å². The third-order valence-corrected chi connectivity index (χ3v) is 3.11. The first-order valence-electron chi connectivity index (χ1n) is 5.91. The Hall–Kier alpha value is -0.940. The molecule has 2 N–H and O–H groups in total. The van der Waals surface area contributed by atoms with Crippen LogP contribution in [0, 0.1) is 0 Å². The van der Waals surface area contributed by atoms with Crippen molar-refractivity contribution in [1.82, 2.24) is 14.8 Å². The highest BCUT2D eigenvalue weighted by Gasteiger charge is 2.28. The molecule has 1 fully saturated rings. The predicted octanol–water partition coefficient (Wildman–Crippen LogP) is 1.04. The minimum atomic E-state index is 0.269. The van der Waals surface area contributed by atoms with Gasteiger partial charge in [-0.25, -0.2) is 0 Å². The SMILES string of the molecule is COC(C)CCc1nnc(CN)n1C1CC1. The molecule has 1 saturated carbocycles. The predicted molar refractivity (Wildman–Crippen MR) is 61.0 cm³/mol. The normalized spacial score (nSPS) is 17.7. The van der Waals surface area contributed by atoms with Crippen LogP contribution in [0.4, 0.5) is 0 Å². The van der Waals surface area contributed by atoms with Crippen molar-refractivity contribution in [3.63, 3.8) is 0 Å². The summed E-state index contributed by atoms with van der Waals surface area (Å²) in [5, 5.41) is 8.38. The molecule has 90 valence electrons. The van der Waals surface area contributed by atoms with Gasteiger partial charge < -0.3 is 15.0 Å². The minimum absolute atomic E-state index is 0.269. The number of rotatable bonds is 6. The molecule has 0 spiro atoms. The molecule has 1 aromatic heterocycles. The summed E-state index contributed by atoms with van der Waals surface area (Å²) in [4.78, 5) is 0. The molecule has 2 rings (SSSR count). The lowest BCUT2D eigenvalue weighted by atomic mass is 10.2. The summed E-state index contributed by atoms with van der Waals surface area (Å²) in [5.74, 6) is 1.98. The van der Waals surface area contributed by atoms with E-state index in [1.165, 1.54) is 12.8 Å². The molecule has 1 unspecified atom stereocenters. The molecule has 0 bridgehead atoms. The van der Waals surface area contributed by atoms with Gasteiger partial charge in [0.2, 0.25) is 0 Å². The maximum atomic E-state index is 5.66. The molecule has 1 aromatic rings. The molecule has 1 atom stereocenters. The van der Waals surface area contributed by atoms with Crippen molar-refractivity contribution < 1.29 is 4.74 Å². The maximum Gasteiger partial charge on any atom is 0.147 e. The Bertz CT molecular complexity index is 346. The first-order chi connectivity index (χ1) is 7.76. The summed E-state index contributed by atoms with van der Waals surface area (Å²) in [6.07, 6.45) is 4.63. The Kier molecular flexibility index (Phi) is 3.56. The van der Waals surface area contributed by atoms with E-state index >= 15 is 0 Å². The first-order valence-corrected chi connectivity index (χ1v) is 5.91. The standard InChI is InChI=1S/C11H20N4O/c1-8(16-2)3-6-10-13-14-11(7-12)15(10)9-4-5-9/h8-9H,3-7,12H2,1-2H3. The van der Waals surface area contributed by atoms with Gasteiger partial charge in [0.05, 0.1) is 12.6 Å². The van der Waals surface area contributed by atoms with E-state index in [0.29, 0.717) is 12.6 Å². The topological polar surface area (TPSA) is 66.0 Å². The van der Waals surface area contributed by atoms with Crippen molar-refractivity contribution >= 4 is 0 Å². The highest BCUT2D eigenvalue weighted by Crippen LogP contribution is 2.36. The molecule has 0 amide bonds. The average molecular weight is 224 g/mol. The lowest BCUT2D eigenvalue weighted by Crippen LogP contribution is -2.12. The molecular formula is C11H20N4O. The number of aromatic nitrogens is 3. The van der Waals surface area contributed by atoms with Gasteiger partial charge in [-0.2, -0.15) is 0 Å². The second-order valence-electron chi connectivity index (χ2n) is 4.42. The molecule has 0 saturated heterocycles. The largest absolute Gasteiger partial charge is 0.382 e. The zero-order valence-electron chi connectivity index (χ0n) is 10.0. The van der Waals surface area contributed by atoms with E-state index in [1.54, 1.807) is 7.11 Å². The van der Waals surface area contributed by atoms with Gasteiger partial charge >= 0.3 is 0 Å². The summed E-state index contributed by atoms with van der Waals surface area (Å²) in [6, 6.07) is 0.599. The summed E-state index contributed by atoms with van der Waals surface area (Å²) in [7, 11) is 1.74. The van der Waals surface area contributed by atoms with E-state index in [4.69, 9.17) is 10.5 Å². The van der Waals surface area contributed by atoms with Crippen molar-refractivity contribution in [2.75, 3.05) is 7.11 Å². The number of ether oxygens (including phenoxy) is 1. The number of methoxy groups -OCH3 is 1. The fourth-order valence-electron chi connectivity index (χ4n) is 1.87. The van der Waals surface area contributed by atoms with Crippen LogP contribution in [0.25, 0.3) is 0 Å². The second-order valence-corrected chi connectivity index (χ2v) is 4.42. The number of nitrogens with zero attached hydrogens (tertiary/aromatic N) is 3. The average Bonchev–Trinajstić information content (AvgIpc) is 3.06. The fraction of sp³-hybridized carbons (Fsp3) is 0.818. The molecule has 1 aliphatic carbocycles. The molecule has 0 aromatic carbocycles. The molecule has 16 heavy (non-hydrogen) atoms. The van der Waals surface area contributed by atoms with Crippen LogP contribution in [-0.4, -0.2) is 28.0 Å². The number of nitrogens with two attached hydrogens (primary N) is 1. The van der Waals surface area contributed by atoms with Gasteiger partial charge in [0.25, 0.3) is 0 Å². The van der Waals surface area contributed by atoms with Crippen LogP contribution in [0.5, 0.6) is 0 Å². The van der Waals surface area contributed by atoms with Crippen molar-refractivity contribution in [2.45, 2.75) is 51.3 Å². The lowest BCUT2D eigenvalue weighted by molar-refractivity contribution is 0.110. The van der Waals surface area contributed by atoms with Gasteiger partial charge in [-0.1, -0.05) is 0 Å². The molecule has 1 heterocycles. The van der Waals surface area contributed by atoms with Crippen molar-refractivity contribution in [3.05, 3.63) is 11.6 Å². The van der Waals surface area contributed by atoms with Crippen LogP contribution in [0.3, 0.4) is 0 Å². The number of hydrogen-bond acceptors (Lipinski definition) is 4. The Morgan fingerprint density at radius 1 is 1.44 bits per heavy atom. The highest BCUT2D eigenvalue weighted by molar-refractivity contribution is 5.03. The highest BCUT2D eigenvalue weighted by atomic mass is 16.5. The summed E-state index contributed by atoms with van der Waals surface area (Å²) in [5.41, 5.74) is 5.66. The van der Waals surface area contributed by atoms with E-state index in [9.17, 15) is 0 Å². The van der Waals surface area contributed by atoms with Crippen molar-refractivity contribution in [2.24, 2.45) is 5.73 Å². The van der Waals surface area contributed by atoms with E-state index in [0.717, 1.165) is 24.5 Å². The smallest absolute Gasteiger partial charge is 0.147 e. The first kappa shape index (κ1) is 11.5. The van der Waals surface area contributed by atoms with Crippen LogP contribution in [0.2, 0.25) is 0 Å². The third kappa shape index (κ3) is 2.41. The summed E-state index contributed by atoms with van der Waals surface area (Å²) in [6.45, 7) is 2.55. The Balaban J connectivity index is 2.05. The van der Waals surface area contributed by atoms with Gasteiger partial charge in [0.15, 0.2) is 0 Å². The number of aryl methyl sites for hydroxylation is 1. The summed E-state index contributed by atoms with van der Waals surface area (Å²) >= 11 is 0. The van der Waals surface area contributed by atoms with Crippen LogP contribution in [0.15, 0.2) is 0 Å². The van der Waals surface area contributed by atoms with Gasteiger partial charge in [-0.3, -0.25) is 0 Å².